The first-order valence-corrected chi connectivity index (χ1v) is 11.8. The molecule has 0 saturated heterocycles. The van der Waals surface area contributed by atoms with E-state index in [0.29, 0.717) is 16.5 Å². The van der Waals surface area contributed by atoms with Gasteiger partial charge in [-0.15, -0.1) is 10.2 Å². The Kier molecular flexibility index (Phi) is 7.37. The summed E-state index contributed by atoms with van der Waals surface area (Å²) in [4.78, 5) is 23.6. The Balaban J connectivity index is 1.51. The number of carbonyl (C=O) groups excluding carboxylic acids is 2. The molecule has 0 aliphatic rings. The van der Waals surface area contributed by atoms with Crippen molar-refractivity contribution >= 4 is 29.9 Å². The summed E-state index contributed by atoms with van der Waals surface area (Å²) in [7, 11) is 0. The first-order valence-electron chi connectivity index (χ1n) is 10.8. The van der Waals surface area contributed by atoms with Crippen molar-refractivity contribution in [1.82, 2.24) is 20.2 Å². The maximum absolute atomic E-state index is 12.4. The molecule has 1 amide bonds. The summed E-state index contributed by atoms with van der Waals surface area (Å²) < 4.78 is 1.92. The van der Waals surface area contributed by atoms with Crippen LogP contribution in [0.3, 0.4) is 0 Å². The summed E-state index contributed by atoms with van der Waals surface area (Å²) in [6.45, 7) is 4.04. The van der Waals surface area contributed by atoms with Crippen LogP contribution in [0.5, 0.6) is 0 Å². The maximum Gasteiger partial charge on any atom is 0.250 e. The van der Waals surface area contributed by atoms with E-state index >= 15 is 0 Å². The number of hydrazone groups is 1. The van der Waals surface area contributed by atoms with Crippen LogP contribution in [0.4, 0.5) is 0 Å². The number of aromatic carboxylic acids is 1. The number of aryl methyl sites for hydroxylation is 2. The monoisotopic (exact) mass is 484 g/mol. The molecule has 0 saturated carbocycles. The second-order valence-corrected chi connectivity index (χ2v) is 8.74. The van der Waals surface area contributed by atoms with Crippen molar-refractivity contribution in [2.24, 2.45) is 5.10 Å². The van der Waals surface area contributed by atoms with Gasteiger partial charge in [0.05, 0.1) is 17.9 Å². The van der Waals surface area contributed by atoms with Gasteiger partial charge in [-0.25, -0.2) is 5.43 Å². The van der Waals surface area contributed by atoms with Gasteiger partial charge in [-0.2, -0.15) is 5.10 Å². The van der Waals surface area contributed by atoms with Crippen LogP contribution in [0, 0.1) is 13.8 Å². The summed E-state index contributed by atoms with van der Waals surface area (Å²) in [5.41, 5.74) is 6.82. The van der Waals surface area contributed by atoms with Crippen LogP contribution in [0.2, 0.25) is 0 Å². The first kappa shape index (κ1) is 23.9. The molecule has 0 aliphatic heterocycles. The lowest BCUT2D eigenvalue weighted by Crippen LogP contribution is -2.24. The Morgan fingerprint density at radius 1 is 0.971 bits per heavy atom. The van der Waals surface area contributed by atoms with Crippen molar-refractivity contribution < 1.29 is 14.7 Å². The highest BCUT2D eigenvalue weighted by Gasteiger charge is 2.17. The third-order valence-electron chi connectivity index (χ3n) is 5.14. The lowest BCUT2D eigenvalue weighted by molar-refractivity contribution is -0.255. The van der Waals surface area contributed by atoms with Crippen LogP contribution in [0.15, 0.2) is 83.1 Å². The molecule has 8 nitrogen and oxygen atoms in total. The highest BCUT2D eigenvalue weighted by atomic mass is 32.2. The summed E-state index contributed by atoms with van der Waals surface area (Å²) in [6.07, 6.45) is 1.28. The second-order valence-electron chi connectivity index (χ2n) is 7.80. The van der Waals surface area contributed by atoms with Crippen molar-refractivity contribution in [2.45, 2.75) is 19.0 Å². The second kappa shape index (κ2) is 10.8. The SMILES string of the molecule is Cc1ccc(-c2nnc(SCC(=O)NN=Cc3ccccc3C(=O)[O-])n2-c2ccc(C)cc2)cc1. The third-order valence-corrected chi connectivity index (χ3v) is 6.07. The van der Waals surface area contributed by atoms with Gasteiger partial charge in [0.15, 0.2) is 11.0 Å². The van der Waals surface area contributed by atoms with Crippen molar-refractivity contribution in [3.8, 4) is 17.1 Å². The van der Waals surface area contributed by atoms with E-state index < -0.39 is 5.97 Å². The standard InChI is InChI=1S/C26H23N5O3S/c1-17-7-11-19(12-8-17)24-29-30-26(31(24)21-13-9-18(2)10-14-21)35-16-23(32)28-27-15-20-5-3-4-6-22(20)25(33)34/h3-15H,16H2,1-2H3,(H,28,32)(H,33,34)/p-1. The highest BCUT2D eigenvalue weighted by molar-refractivity contribution is 7.99. The molecule has 0 radical (unpaired) electrons. The fraction of sp³-hybridized carbons (Fsp3) is 0.115. The molecule has 1 N–H and O–H groups in total. The molecule has 176 valence electrons. The van der Waals surface area contributed by atoms with E-state index in [1.165, 1.54) is 24.0 Å². The Bertz CT molecular complexity index is 1380. The summed E-state index contributed by atoms with van der Waals surface area (Å²) in [5, 5.41) is 24.3. The van der Waals surface area contributed by atoms with E-state index in [0.717, 1.165) is 22.4 Å². The van der Waals surface area contributed by atoms with E-state index in [1.54, 1.807) is 18.2 Å². The highest BCUT2D eigenvalue weighted by Crippen LogP contribution is 2.28. The van der Waals surface area contributed by atoms with Gasteiger partial charge in [-0.05, 0) is 26.0 Å². The minimum absolute atomic E-state index is 0.00490. The molecule has 3 aromatic carbocycles. The molecule has 0 aliphatic carbocycles. The van der Waals surface area contributed by atoms with Gasteiger partial charge in [0.2, 0.25) is 0 Å². The number of hydrogen-bond donors (Lipinski definition) is 1. The van der Waals surface area contributed by atoms with E-state index in [9.17, 15) is 14.7 Å². The van der Waals surface area contributed by atoms with E-state index in [1.807, 2.05) is 66.9 Å². The Morgan fingerprint density at radius 2 is 1.63 bits per heavy atom. The largest absolute Gasteiger partial charge is 0.545 e. The number of nitrogens with zero attached hydrogens (tertiary/aromatic N) is 4. The topological polar surface area (TPSA) is 112 Å². The lowest BCUT2D eigenvalue weighted by atomic mass is 10.1. The van der Waals surface area contributed by atoms with E-state index in [-0.39, 0.29) is 17.2 Å². The van der Waals surface area contributed by atoms with Crippen molar-refractivity contribution in [1.29, 1.82) is 0 Å². The summed E-state index contributed by atoms with van der Waals surface area (Å²) in [5.74, 6) is -0.966. The van der Waals surface area contributed by atoms with Gasteiger partial charge in [-0.1, -0.05) is 83.6 Å². The number of hydrogen-bond acceptors (Lipinski definition) is 7. The van der Waals surface area contributed by atoms with Gasteiger partial charge in [-0.3, -0.25) is 9.36 Å². The fourth-order valence-corrected chi connectivity index (χ4v) is 4.06. The molecule has 0 atom stereocenters. The smallest absolute Gasteiger partial charge is 0.250 e. The molecular weight excluding hydrogens is 462 g/mol. The Labute approximate surface area is 206 Å². The number of carboxylic acids is 1. The molecule has 4 aromatic rings. The number of amides is 1. The van der Waals surface area contributed by atoms with Crippen LogP contribution < -0.4 is 10.5 Å². The number of thioether (sulfide) groups is 1. The van der Waals surface area contributed by atoms with Gasteiger partial charge in [0.1, 0.15) is 0 Å². The van der Waals surface area contributed by atoms with Gasteiger partial charge >= 0.3 is 0 Å². The normalized spacial score (nSPS) is 11.0. The molecule has 1 heterocycles. The quantitative estimate of drug-likeness (QED) is 0.234. The fourth-order valence-electron chi connectivity index (χ4n) is 3.31. The van der Waals surface area contributed by atoms with Crippen molar-refractivity contribution in [2.75, 3.05) is 5.75 Å². The Morgan fingerprint density at radius 3 is 2.31 bits per heavy atom. The van der Waals surface area contributed by atoms with Crippen LogP contribution in [0.1, 0.15) is 27.0 Å². The number of nitrogens with one attached hydrogen (secondary N) is 1. The van der Waals surface area contributed by atoms with Gasteiger partial charge in [0.25, 0.3) is 5.91 Å². The molecule has 0 unspecified atom stereocenters. The van der Waals surface area contributed by atoms with Crippen LogP contribution in [0.25, 0.3) is 17.1 Å². The summed E-state index contributed by atoms with van der Waals surface area (Å²) in [6, 6.07) is 22.3. The predicted molar refractivity (Wildman–Crippen MR) is 134 cm³/mol. The zero-order valence-corrected chi connectivity index (χ0v) is 20.0. The molecular formula is C26H22N5O3S-. The van der Waals surface area contributed by atoms with Crippen LogP contribution in [-0.4, -0.2) is 38.6 Å². The maximum atomic E-state index is 12.4. The van der Waals surface area contributed by atoms with Crippen molar-refractivity contribution in [3.63, 3.8) is 0 Å². The van der Waals surface area contributed by atoms with E-state index in [2.05, 4.69) is 20.7 Å². The Hall–Kier alpha value is -4.24. The average molecular weight is 485 g/mol. The minimum Gasteiger partial charge on any atom is -0.545 e. The molecule has 9 heteroatoms. The molecule has 0 fully saturated rings. The van der Waals surface area contributed by atoms with Crippen molar-refractivity contribution in [3.05, 3.63) is 95.1 Å². The van der Waals surface area contributed by atoms with Crippen LogP contribution in [-0.2, 0) is 4.79 Å². The minimum atomic E-state index is -1.31. The van der Waals surface area contributed by atoms with Gasteiger partial charge < -0.3 is 9.90 Å². The number of benzene rings is 3. The van der Waals surface area contributed by atoms with Crippen LogP contribution >= 0.6 is 11.8 Å². The molecule has 0 bridgehead atoms. The number of aromatic nitrogens is 3. The zero-order valence-electron chi connectivity index (χ0n) is 19.1. The lowest BCUT2D eigenvalue weighted by Gasteiger charge is -2.11. The summed E-state index contributed by atoms with van der Waals surface area (Å²) >= 11 is 1.23. The molecule has 1 aromatic heterocycles. The number of carbonyl (C=O) groups is 2. The predicted octanol–water partition coefficient (Wildman–Crippen LogP) is 3.16. The first-order chi connectivity index (χ1) is 16.9. The molecule has 35 heavy (non-hydrogen) atoms. The number of carboxylic acid groups (broad SMARTS) is 1. The average Bonchev–Trinajstić information content (AvgIpc) is 3.28. The third kappa shape index (κ3) is 5.82. The zero-order chi connectivity index (χ0) is 24.8. The molecule has 0 spiro atoms. The molecule has 4 rings (SSSR count). The number of rotatable bonds is 8. The van der Waals surface area contributed by atoms with Gasteiger partial charge in [0, 0.05) is 22.4 Å². The van der Waals surface area contributed by atoms with E-state index in [4.69, 9.17) is 0 Å².